The van der Waals surface area contributed by atoms with E-state index in [4.69, 9.17) is 4.74 Å². The Kier molecular flexibility index (Phi) is 4.63. The number of aromatic nitrogens is 2. The molecule has 1 N–H and O–H groups in total. The molecule has 6 nitrogen and oxygen atoms in total. The van der Waals surface area contributed by atoms with Gasteiger partial charge >= 0.3 is 0 Å². The van der Waals surface area contributed by atoms with Gasteiger partial charge in [-0.15, -0.1) is 0 Å². The van der Waals surface area contributed by atoms with Crippen LogP contribution in [0.5, 0.6) is 5.75 Å². The molecule has 6 heteroatoms. The molecule has 0 saturated carbocycles. The van der Waals surface area contributed by atoms with Crippen LogP contribution in [-0.2, 0) is 17.8 Å². The van der Waals surface area contributed by atoms with Crippen molar-refractivity contribution in [2.45, 2.75) is 33.4 Å². The Morgan fingerprint density at radius 1 is 1.30 bits per heavy atom. The highest BCUT2D eigenvalue weighted by Crippen LogP contribution is 2.27. The van der Waals surface area contributed by atoms with E-state index in [1.165, 1.54) is 0 Å². The van der Waals surface area contributed by atoms with Gasteiger partial charge in [0.25, 0.3) is 5.56 Å². The first-order valence-electron chi connectivity index (χ1n) is 8.14. The van der Waals surface area contributed by atoms with Gasteiger partial charge in [-0.05, 0) is 19.4 Å². The minimum atomic E-state index is -0.0810. The zero-order valence-corrected chi connectivity index (χ0v) is 13.7. The van der Waals surface area contributed by atoms with Gasteiger partial charge in [-0.3, -0.25) is 14.3 Å². The van der Waals surface area contributed by atoms with E-state index < -0.39 is 0 Å². The zero-order valence-electron chi connectivity index (χ0n) is 13.7. The van der Waals surface area contributed by atoms with Crippen molar-refractivity contribution in [1.82, 2.24) is 14.5 Å². The minimum absolute atomic E-state index is 0.0810. The second-order valence-corrected chi connectivity index (χ2v) is 5.97. The topological polar surface area (TPSA) is 67.6 Å². The molecule has 1 saturated heterocycles. The third kappa shape index (κ3) is 3.09. The molecule has 23 heavy (non-hydrogen) atoms. The maximum atomic E-state index is 12.6. The summed E-state index contributed by atoms with van der Waals surface area (Å²) in [5.74, 6) is 0.765. The lowest BCUT2D eigenvalue weighted by molar-refractivity contribution is 0.0339. The zero-order chi connectivity index (χ0) is 16.4. The van der Waals surface area contributed by atoms with E-state index in [9.17, 15) is 9.90 Å². The highest BCUT2D eigenvalue weighted by molar-refractivity contribution is 5.84. The maximum Gasteiger partial charge on any atom is 0.261 e. The predicted molar refractivity (Wildman–Crippen MR) is 88.8 cm³/mol. The van der Waals surface area contributed by atoms with Gasteiger partial charge < -0.3 is 9.84 Å². The summed E-state index contributed by atoms with van der Waals surface area (Å²) in [7, 11) is 0. The Morgan fingerprint density at radius 3 is 2.74 bits per heavy atom. The number of hydrogen-bond donors (Lipinski definition) is 1. The highest BCUT2D eigenvalue weighted by Gasteiger charge is 2.17. The summed E-state index contributed by atoms with van der Waals surface area (Å²) >= 11 is 0. The monoisotopic (exact) mass is 317 g/mol. The molecule has 1 aromatic carbocycles. The molecular formula is C17H23N3O3. The number of rotatable bonds is 4. The van der Waals surface area contributed by atoms with Gasteiger partial charge in [-0.2, -0.15) is 0 Å². The molecule has 124 valence electrons. The van der Waals surface area contributed by atoms with Crippen molar-refractivity contribution in [3.8, 4) is 5.75 Å². The summed E-state index contributed by atoms with van der Waals surface area (Å²) in [5.41, 5.74) is 1.13. The molecule has 1 aliphatic heterocycles. The number of aromatic hydroxyl groups is 1. The van der Waals surface area contributed by atoms with E-state index in [2.05, 4.69) is 9.88 Å². The number of phenolic OH excluding ortho intramolecular Hbond substituents is 1. The van der Waals surface area contributed by atoms with Crippen LogP contribution in [0.4, 0.5) is 0 Å². The van der Waals surface area contributed by atoms with Gasteiger partial charge in [-0.1, -0.05) is 13.0 Å². The number of phenols is 1. The number of morpholine rings is 1. The molecule has 1 aromatic heterocycles. The smallest absolute Gasteiger partial charge is 0.261 e. The Balaban J connectivity index is 2.01. The predicted octanol–water partition coefficient (Wildman–Crippen LogP) is 1.65. The Hall–Kier alpha value is -1.92. The van der Waals surface area contributed by atoms with Crippen molar-refractivity contribution in [2.24, 2.45) is 0 Å². The van der Waals surface area contributed by atoms with Crippen LogP contribution in [0.25, 0.3) is 10.9 Å². The summed E-state index contributed by atoms with van der Waals surface area (Å²) in [6, 6.07) is 3.62. The van der Waals surface area contributed by atoms with Crippen LogP contribution < -0.4 is 5.56 Å². The molecule has 0 unspecified atom stereocenters. The van der Waals surface area contributed by atoms with Crippen molar-refractivity contribution >= 4 is 10.9 Å². The summed E-state index contributed by atoms with van der Waals surface area (Å²) in [4.78, 5) is 19.3. The van der Waals surface area contributed by atoms with Gasteiger partial charge in [0.15, 0.2) is 0 Å². The van der Waals surface area contributed by atoms with Gasteiger partial charge in [0.05, 0.1) is 18.6 Å². The lowest BCUT2D eigenvalue weighted by Crippen LogP contribution is -2.35. The molecule has 0 amide bonds. The number of fused-ring (bicyclic) bond motifs is 1. The van der Waals surface area contributed by atoms with E-state index in [1.54, 1.807) is 10.6 Å². The average Bonchev–Trinajstić information content (AvgIpc) is 2.56. The largest absolute Gasteiger partial charge is 0.505 e. The number of ether oxygens (including phenoxy) is 1. The average molecular weight is 317 g/mol. The van der Waals surface area contributed by atoms with Crippen LogP contribution in [-0.4, -0.2) is 45.9 Å². The van der Waals surface area contributed by atoms with E-state index in [-0.39, 0.29) is 11.3 Å². The van der Waals surface area contributed by atoms with E-state index in [1.807, 2.05) is 19.9 Å². The van der Waals surface area contributed by atoms with Crippen molar-refractivity contribution in [2.75, 3.05) is 26.3 Å². The van der Waals surface area contributed by atoms with Gasteiger partial charge in [0, 0.05) is 31.7 Å². The molecular weight excluding hydrogens is 294 g/mol. The van der Waals surface area contributed by atoms with Gasteiger partial charge in [-0.25, -0.2) is 4.98 Å². The summed E-state index contributed by atoms with van der Waals surface area (Å²) < 4.78 is 7.01. The molecule has 1 aliphatic rings. The summed E-state index contributed by atoms with van der Waals surface area (Å²) in [5, 5.41) is 11.1. The molecule has 0 radical (unpaired) electrons. The first-order chi connectivity index (χ1) is 11.1. The van der Waals surface area contributed by atoms with Crippen LogP contribution in [0.2, 0.25) is 0 Å². The Labute approximate surface area is 135 Å². The van der Waals surface area contributed by atoms with Crippen LogP contribution in [0.1, 0.15) is 24.7 Å². The second kappa shape index (κ2) is 6.68. The summed E-state index contributed by atoms with van der Waals surface area (Å²) in [6.45, 7) is 8.25. The first-order valence-corrected chi connectivity index (χ1v) is 8.14. The Bertz CT molecular complexity index is 764. The van der Waals surface area contributed by atoms with Crippen molar-refractivity contribution in [3.05, 3.63) is 33.9 Å². The normalized spacial score (nSPS) is 16.1. The lowest BCUT2D eigenvalue weighted by Gasteiger charge is -2.26. The third-order valence-corrected chi connectivity index (χ3v) is 4.32. The fraction of sp³-hybridized carbons (Fsp3) is 0.529. The quantitative estimate of drug-likeness (QED) is 0.929. The van der Waals surface area contributed by atoms with E-state index in [0.29, 0.717) is 43.0 Å². The highest BCUT2D eigenvalue weighted by atomic mass is 16.5. The first kappa shape index (κ1) is 16.0. The molecule has 1 fully saturated rings. The molecule has 0 spiro atoms. The van der Waals surface area contributed by atoms with Gasteiger partial charge in [0.2, 0.25) is 0 Å². The number of aryl methyl sites for hydroxylation is 1. The SMILES string of the molecule is CCCn1c(C)nc2c(O)c(CN3CCOCC3)ccc2c1=O. The minimum Gasteiger partial charge on any atom is -0.505 e. The second-order valence-electron chi connectivity index (χ2n) is 5.97. The van der Waals surface area contributed by atoms with E-state index >= 15 is 0 Å². The maximum absolute atomic E-state index is 12.6. The molecule has 2 heterocycles. The summed E-state index contributed by atoms with van der Waals surface area (Å²) in [6.07, 6.45) is 0.870. The van der Waals surface area contributed by atoms with Crippen molar-refractivity contribution < 1.29 is 9.84 Å². The fourth-order valence-corrected chi connectivity index (χ4v) is 3.04. The Morgan fingerprint density at radius 2 is 2.04 bits per heavy atom. The van der Waals surface area contributed by atoms with Gasteiger partial charge in [0.1, 0.15) is 17.1 Å². The molecule has 0 atom stereocenters. The molecule has 0 bridgehead atoms. The van der Waals surface area contributed by atoms with Crippen LogP contribution >= 0.6 is 0 Å². The molecule has 0 aliphatic carbocycles. The molecule has 3 rings (SSSR count). The van der Waals surface area contributed by atoms with Crippen molar-refractivity contribution in [3.63, 3.8) is 0 Å². The number of benzene rings is 1. The molecule has 2 aromatic rings. The standard InChI is InChI=1S/C17H23N3O3/c1-3-6-20-12(2)18-15-14(17(20)22)5-4-13(16(15)21)11-19-7-9-23-10-8-19/h4-5,21H,3,6-11H2,1-2H3. The lowest BCUT2D eigenvalue weighted by atomic mass is 10.1. The van der Waals surface area contributed by atoms with Crippen LogP contribution in [0.3, 0.4) is 0 Å². The van der Waals surface area contributed by atoms with E-state index in [0.717, 1.165) is 25.1 Å². The number of nitrogens with zero attached hydrogens (tertiary/aromatic N) is 3. The van der Waals surface area contributed by atoms with Crippen LogP contribution in [0.15, 0.2) is 16.9 Å². The third-order valence-electron chi connectivity index (χ3n) is 4.32. The van der Waals surface area contributed by atoms with Crippen LogP contribution in [0, 0.1) is 6.92 Å². The number of hydrogen-bond acceptors (Lipinski definition) is 5. The fourth-order valence-electron chi connectivity index (χ4n) is 3.04. The van der Waals surface area contributed by atoms with Crippen molar-refractivity contribution in [1.29, 1.82) is 0 Å².